The van der Waals surface area contributed by atoms with Gasteiger partial charge in [-0.25, -0.2) is 0 Å². The number of methoxy groups -OCH3 is 1. The van der Waals surface area contributed by atoms with E-state index in [1.165, 1.54) is 38.6 Å². The molecule has 1 aliphatic carbocycles. The molecule has 0 radical (unpaired) electrons. The molecule has 1 heterocycles. The molecule has 0 aromatic carbocycles. The molecule has 0 aromatic rings. The lowest BCUT2D eigenvalue weighted by Gasteiger charge is -2.46. The number of likely N-dealkylation sites (N-methyl/N-ethyl adjacent to an activating group) is 1. The third-order valence-electron chi connectivity index (χ3n) is 5.38. The van der Waals surface area contributed by atoms with Crippen LogP contribution in [0.3, 0.4) is 0 Å². The lowest BCUT2D eigenvalue weighted by atomic mass is 9.76. The fraction of sp³-hybridized carbons (Fsp3) is 1.00. The number of hydrogen-bond donors (Lipinski definition) is 1. The largest absolute Gasteiger partial charge is 0.380 e. The van der Waals surface area contributed by atoms with Crippen molar-refractivity contribution in [2.45, 2.75) is 64.1 Å². The van der Waals surface area contributed by atoms with Gasteiger partial charge in [0.15, 0.2) is 0 Å². The molecule has 2 rings (SSSR count). The van der Waals surface area contributed by atoms with Crippen molar-refractivity contribution < 1.29 is 4.74 Å². The first-order valence-corrected chi connectivity index (χ1v) is 8.09. The van der Waals surface area contributed by atoms with Crippen LogP contribution >= 0.6 is 0 Å². The quantitative estimate of drug-likeness (QED) is 0.848. The maximum absolute atomic E-state index is 5.59. The van der Waals surface area contributed by atoms with Gasteiger partial charge in [0.2, 0.25) is 0 Å². The summed E-state index contributed by atoms with van der Waals surface area (Å²) in [4.78, 5) is 2.70. The Morgan fingerprint density at radius 3 is 2.63 bits per heavy atom. The number of nitrogens with one attached hydrogen (secondary N) is 1. The van der Waals surface area contributed by atoms with Gasteiger partial charge in [0.05, 0.1) is 6.10 Å². The maximum atomic E-state index is 5.59. The van der Waals surface area contributed by atoms with E-state index in [4.69, 9.17) is 4.74 Å². The summed E-state index contributed by atoms with van der Waals surface area (Å²) in [6, 6.07) is 1.38. The van der Waals surface area contributed by atoms with Gasteiger partial charge in [0, 0.05) is 25.7 Å². The van der Waals surface area contributed by atoms with Crippen molar-refractivity contribution >= 4 is 0 Å². The highest BCUT2D eigenvalue weighted by Gasteiger charge is 2.36. The van der Waals surface area contributed by atoms with Crippen molar-refractivity contribution in [3.8, 4) is 0 Å². The van der Waals surface area contributed by atoms with Gasteiger partial charge < -0.3 is 10.1 Å². The van der Waals surface area contributed by atoms with E-state index in [-0.39, 0.29) is 0 Å². The van der Waals surface area contributed by atoms with Crippen molar-refractivity contribution in [2.24, 2.45) is 11.8 Å². The molecular formula is C16H32N2O. The molecule has 1 saturated carbocycles. The molecular weight excluding hydrogens is 236 g/mol. The lowest BCUT2D eigenvalue weighted by Crippen LogP contribution is -2.56. The predicted molar refractivity (Wildman–Crippen MR) is 80.4 cm³/mol. The zero-order chi connectivity index (χ0) is 13.8. The molecule has 4 atom stereocenters. The summed E-state index contributed by atoms with van der Waals surface area (Å²) in [5.74, 6) is 1.72. The van der Waals surface area contributed by atoms with E-state index in [9.17, 15) is 0 Å². The van der Waals surface area contributed by atoms with Crippen LogP contribution in [-0.4, -0.2) is 50.3 Å². The number of hydrogen-bond acceptors (Lipinski definition) is 3. The summed E-state index contributed by atoms with van der Waals surface area (Å²) in [6.45, 7) is 7.16. The fourth-order valence-electron chi connectivity index (χ4n) is 3.98. The third kappa shape index (κ3) is 3.71. The fourth-order valence-corrected chi connectivity index (χ4v) is 3.98. The van der Waals surface area contributed by atoms with Crippen LogP contribution in [0.5, 0.6) is 0 Å². The van der Waals surface area contributed by atoms with Crippen LogP contribution in [0.25, 0.3) is 0 Å². The standard InChI is InChI=1S/C16H32N2O/c1-12(2)13-7-8-15(17-3)16(10-13)18-9-5-6-14(11-18)19-4/h12-17H,5-11H2,1-4H3. The van der Waals surface area contributed by atoms with Crippen molar-refractivity contribution in [2.75, 3.05) is 27.2 Å². The van der Waals surface area contributed by atoms with Gasteiger partial charge in [-0.1, -0.05) is 13.8 Å². The molecule has 1 N–H and O–H groups in total. The third-order valence-corrected chi connectivity index (χ3v) is 5.38. The molecule has 0 amide bonds. The molecule has 112 valence electrons. The summed E-state index contributed by atoms with van der Waals surface area (Å²) in [6.07, 6.45) is 7.06. The number of nitrogens with zero attached hydrogens (tertiary/aromatic N) is 1. The van der Waals surface area contributed by atoms with Crippen molar-refractivity contribution in [3.05, 3.63) is 0 Å². The van der Waals surface area contributed by atoms with Crippen molar-refractivity contribution in [1.82, 2.24) is 10.2 Å². The van der Waals surface area contributed by atoms with E-state index in [1.54, 1.807) is 0 Å². The van der Waals surface area contributed by atoms with Gasteiger partial charge in [-0.15, -0.1) is 0 Å². The molecule has 3 heteroatoms. The zero-order valence-corrected chi connectivity index (χ0v) is 13.2. The highest BCUT2D eigenvalue weighted by molar-refractivity contribution is 4.93. The van der Waals surface area contributed by atoms with Gasteiger partial charge in [-0.05, 0) is 57.5 Å². The Morgan fingerprint density at radius 1 is 1.21 bits per heavy atom. The smallest absolute Gasteiger partial charge is 0.0698 e. The molecule has 4 unspecified atom stereocenters. The van der Waals surface area contributed by atoms with Crippen LogP contribution in [0.15, 0.2) is 0 Å². The molecule has 1 aliphatic heterocycles. The van der Waals surface area contributed by atoms with E-state index in [1.807, 2.05) is 7.11 Å². The Kier molecular flexibility index (Phi) is 5.67. The average Bonchev–Trinajstić information content (AvgIpc) is 2.46. The minimum Gasteiger partial charge on any atom is -0.380 e. The van der Waals surface area contributed by atoms with Crippen LogP contribution in [0.4, 0.5) is 0 Å². The second-order valence-corrected chi connectivity index (χ2v) is 6.77. The second-order valence-electron chi connectivity index (χ2n) is 6.77. The summed E-state index contributed by atoms with van der Waals surface area (Å²) in [7, 11) is 3.99. The van der Waals surface area contributed by atoms with Crippen LogP contribution in [0.2, 0.25) is 0 Å². The SMILES string of the molecule is CNC1CCC(C(C)C)CC1N1CCCC(OC)C1. The number of ether oxygens (including phenoxy) is 1. The van der Waals surface area contributed by atoms with Gasteiger partial charge in [0.25, 0.3) is 0 Å². The average molecular weight is 268 g/mol. The molecule has 0 spiro atoms. The highest BCUT2D eigenvalue weighted by Crippen LogP contribution is 2.34. The van der Waals surface area contributed by atoms with Gasteiger partial charge in [-0.3, -0.25) is 4.90 Å². The monoisotopic (exact) mass is 268 g/mol. The minimum absolute atomic E-state index is 0.450. The summed E-state index contributed by atoms with van der Waals surface area (Å²) in [5.41, 5.74) is 0. The van der Waals surface area contributed by atoms with Crippen LogP contribution < -0.4 is 5.32 Å². The molecule has 2 fully saturated rings. The Hall–Kier alpha value is -0.120. The normalized spacial score (nSPS) is 37.7. The van der Waals surface area contributed by atoms with Crippen LogP contribution in [-0.2, 0) is 4.74 Å². The molecule has 1 saturated heterocycles. The highest BCUT2D eigenvalue weighted by atomic mass is 16.5. The molecule has 19 heavy (non-hydrogen) atoms. The summed E-state index contributed by atoms with van der Waals surface area (Å²) >= 11 is 0. The van der Waals surface area contributed by atoms with Gasteiger partial charge >= 0.3 is 0 Å². The number of piperidine rings is 1. The first-order valence-electron chi connectivity index (χ1n) is 8.09. The van der Waals surface area contributed by atoms with Gasteiger partial charge in [0.1, 0.15) is 0 Å². The maximum Gasteiger partial charge on any atom is 0.0698 e. The topological polar surface area (TPSA) is 24.5 Å². The first-order chi connectivity index (χ1) is 9.15. The van der Waals surface area contributed by atoms with E-state index in [2.05, 4.69) is 31.1 Å². The summed E-state index contributed by atoms with van der Waals surface area (Å²) in [5, 5.41) is 3.56. The Balaban J connectivity index is 2.00. The zero-order valence-electron chi connectivity index (χ0n) is 13.2. The molecule has 0 bridgehead atoms. The van der Waals surface area contributed by atoms with E-state index in [0.717, 1.165) is 18.4 Å². The Bertz CT molecular complexity index is 269. The molecule has 3 nitrogen and oxygen atoms in total. The summed E-state index contributed by atoms with van der Waals surface area (Å²) < 4.78 is 5.59. The predicted octanol–water partition coefficient (Wildman–Crippen LogP) is 2.51. The van der Waals surface area contributed by atoms with E-state index in [0.29, 0.717) is 18.2 Å². The molecule has 0 aromatic heterocycles. The second kappa shape index (κ2) is 7.05. The van der Waals surface area contributed by atoms with E-state index < -0.39 is 0 Å². The minimum atomic E-state index is 0.450. The van der Waals surface area contributed by atoms with Crippen LogP contribution in [0, 0.1) is 11.8 Å². The number of rotatable bonds is 4. The van der Waals surface area contributed by atoms with Gasteiger partial charge in [-0.2, -0.15) is 0 Å². The van der Waals surface area contributed by atoms with Crippen molar-refractivity contribution in [1.29, 1.82) is 0 Å². The van der Waals surface area contributed by atoms with Crippen LogP contribution in [0.1, 0.15) is 46.0 Å². The van der Waals surface area contributed by atoms with E-state index >= 15 is 0 Å². The first kappa shape index (κ1) is 15.3. The van der Waals surface area contributed by atoms with Crippen molar-refractivity contribution in [3.63, 3.8) is 0 Å². The lowest BCUT2D eigenvalue weighted by molar-refractivity contribution is -0.00803. The Labute approximate surface area is 119 Å². The molecule has 2 aliphatic rings. The number of likely N-dealkylation sites (tertiary alicyclic amines) is 1. The Morgan fingerprint density at radius 2 is 2.00 bits per heavy atom.